The largest absolute Gasteiger partial charge is 0.573 e. The molecule has 2 N–H and O–H groups in total. The molecule has 3 saturated heterocycles. The van der Waals surface area contributed by atoms with E-state index in [0.717, 1.165) is 25.0 Å². The molecule has 4 aliphatic rings. The number of rotatable bonds is 4. The second kappa shape index (κ2) is 8.15. The average molecular weight is 519 g/mol. The molecule has 2 spiro atoms. The van der Waals surface area contributed by atoms with Gasteiger partial charge in [0.15, 0.2) is 0 Å². The van der Waals surface area contributed by atoms with Crippen molar-refractivity contribution in [2.75, 3.05) is 32.8 Å². The van der Waals surface area contributed by atoms with Gasteiger partial charge in [-0.05, 0) is 37.8 Å². The lowest BCUT2D eigenvalue weighted by Crippen LogP contribution is -2.73. The number of urea groups is 1. The Morgan fingerprint density at radius 2 is 1.80 bits per heavy atom. The first-order chi connectivity index (χ1) is 16.4. The zero-order chi connectivity index (χ0) is 25.1. The summed E-state index contributed by atoms with van der Waals surface area (Å²) >= 11 is 0. The summed E-state index contributed by atoms with van der Waals surface area (Å²) in [4.78, 5) is 27.1. The number of nitrogens with zero attached hydrogens (tertiary/aromatic N) is 2. The van der Waals surface area contributed by atoms with E-state index in [1.165, 1.54) is 12.1 Å². The first-order valence-electron chi connectivity index (χ1n) is 11.2. The predicted molar refractivity (Wildman–Crippen MR) is 114 cm³/mol. The van der Waals surface area contributed by atoms with Gasteiger partial charge in [-0.2, -0.15) is 0 Å². The van der Waals surface area contributed by atoms with Gasteiger partial charge in [-0.15, -0.1) is 13.2 Å². The molecule has 5 rings (SSSR count). The molecule has 0 radical (unpaired) electrons. The maximum Gasteiger partial charge on any atom is 0.573 e. The van der Waals surface area contributed by atoms with Gasteiger partial charge in [-0.3, -0.25) is 0 Å². The number of carbonyl (C=O) groups is 2. The summed E-state index contributed by atoms with van der Waals surface area (Å²) in [6.45, 7) is 2.28. The number of alkyl halides is 3. The van der Waals surface area contributed by atoms with Gasteiger partial charge in [0.2, 0.25) is 10.0 Å². The lowest BCUT2D eigenvalue weighted by molar-refractivity contribution is -0.274. The summed E-state index contributed by atoms with van der Waals surface area (Å²) in [5, 5.41) is 2.74. The molecule has 1 aromatic carbocycles. The molecule has 192 valence electrons. The van der Waals surface area contributed by atoms with E-state index in [9.17, 15) is 31.2 Å². The minimum atomic E-state index is -4.91. The van der Waals surface area contributed by atoms with Crippen molar-refractivity contribution >= 4 is 22.1 Å². The van der Waals surface area contributed by atoms with Crippen molar-refractivity contribution in [1.29, 1.82) is 0 Å². The van der Waals surface area contributed by atoms with Crippen LogP contribution < -0.4 is 14.8 Å². The molecule has 14 heteroatoms. The first kappa shape index (κ1) is 24.0. The Bertz CT molecular complexity index is 1120. The number of nitrogens with one attached hydrogen (secondary N) is 2. The smallest absolute Gasteiger partial charge is 0.447 e. The van der Waals surface area contributed by atoms with Crippen LogP contribution in [0.4, 0.5) is 22.8 Å². The van der Waals surface area contributed by atoms with Crippen molar-refractivity contribution in [3.8, 4) is 5.75 Å². The predicted octanol–water partition coefficient (Wildman–Crippen LogP) is 2.02. The van der Waals surface area contributed by atoms with Crippen molar-refractivity contribution in [2.24, 2.45) is 5.41 Å². The number of alkyl carbamates (subject to hydrolysis) is 1. The Kier molecular flexibility index (Phi) is 5.58. The molecule has 0 aromatic heterocycles. The highest BCUT2D eigenvalue weighted by Crippen LogP contribution is 2.45. The van der Waals surface area contributed by atoms with E-state index in [1.54, 1.807) is 9.80 Å². The number of hydrogen-bond acceptors (Lipinski definition) is 6. The summed E-state index contributed by atoms with van der Waals surface area (Å²) in [5.74, 6) is -0.599. The number of cyclic esters (lactones) is 1. The third-order valence-corrected chi connectivity index (χ3v) is 8.66. The topological polar surface area (TPSA) is 117 Å². The highest BCUT2D eigenvalue weighted by Gasteiger charge is 2.54. The van der Waals surface area contributed by atoms with Gasteiger partial charge in [0, 0.05) is 30.6 Å². The van der Waals surface area contributed by atoms with Crippen LogP contribution >= 0.6 is 0 Å². The molecule has 3 heterocycles. The summed E-state index contributed by atoms with van der Waals surface area (Å²) in [6, 6.07) is 3.87. The minimum absolute atomic E-state index is 0.0503. The van der Waals surface area contributed by atoms with Crippen LogP contribution in [0.2, 0.25) is 0 Å². The van der Waals surface area contributed by atoms with Crippen LogP contribution in [0, 0.1) is 5.41 Å². The van der Waals surface area contributed by atoms with Gasteiger partial charge in [-0.25, -0.2) is 22.7 Å². The molecule has 1 aliphatic carbocycles. The molecule has 0 unspecified atom stereocenters. The molecule has 0 atom stereocenters. The van der Waals surface area contributed by atoms with Crippen LogP contribution in [0.15, 0.2) is 29.2 Å². The van der Waals surface area contributed by atoms with Gasteiger partial charge in [0.1, 0.15) is 17.9 Å². The zero-order valence-electron chi connectivity index (χ0n) is 18.6. The second-order valence-corrected chi connectivity index (χ2v) is 11.6. The standard InChI is InChI=1S/C21H25F3N4O6S/c22-21(23,24)34-15-2-1-3-16(8-15)35(31,32)26-14-4-6-19(7-5-14)9-27(10-19)18(30)28-11-20(12-28)13-33-17(29)25-20/h1-3,8,14,26H,4-7,9-13H2,(H,25,29). The molecule has 10 nitrogen and oxygen atoms in total. The fourth-order valence-electron chi connectivity index (χ4n) is 5.37. The van der Waals surface area contributed by atoms with Crippen molar-refractivity contribution in [3.63, 3.8) is 0 Å². The minimum Gasteiger partial charge on any atom is -0.447 e. The maximum absolute atomic E-state index is 12.7. The van der Waals surface area contributed by atoms with E-state index in [-0.39, 0.29) is 29.0 Å². The molecule has 1 aromatic rings. The normalized spacial score (nSPS) is 23.5. The monoisotopic (exact) mass is 518 g/mol. The highest BCUT2D eigenvalue weighted by atomic mass is 32.2. The van der Waals surface area contributed by atoms with Gasteiger partial charge in [-0.1, -0.05) is 6.07 Å². The Labute approximate surface area is 199 Å². The van der Waals surface area contributed by atoms with Crippen LogP contribution in [-0.4, -0.2) is 81.1 Å². The second-order valence-electron chi connectivity index (χ2n) is 9.89. The molecule has 0 bridgehead atoms. The lowest BCUT2D eigenvalue weighted by atomic mass is 9.67. The molecule has 1 saturated carbocycles. The van der Waals surface area contributed by atoms with Gasteiger partial charge in [0.25, 0.3) is 0 Å². The number of benzene rings is 1. The Morgan fingerprint density at radius 3 is 2.40 bits per heavy atom. The summed E-state index contributed by atoms with van der Waals surface area (Å²) in [7, 11) is -4.02. The van der Waals surface area contributed by atoms with E-state index in [2.05, 4.69) is 14.8 Å². The quantitative estimate of drug-likeness (QED) is 0.630. The third kappa shape index (κ3) is 4.85. The number of likely N-dealkylation sites (tertiary alicyclic amines) is 2. The number of sulfonamides is 1. The van der Waals surface area contributed by atoms with Crippen LogP contribution in [0.5, 0.6) is 5.75 Å². The Morgan fingerprint density at radius 1 is 1.14 bits per heavy atom. The SMILES string of the molecule is O=C1NC2(CO1)CN(C(=O)N1CC3(CCC(NS(=O)(=O)c4cccc(OC(F)(F)F)c4)CC3)C1)C2. The van der Waals surface area contributed by atoms with Crippen LogP contribution in [0.1, 0.15) is 25.7 Å². The molecular formula is C21H25F3N4O6S. The number of halogens is 3. The van der Waals surface area contributed by atoms with E-state index in [0.29, 0.717) is 39.0 Å². The van der Waals surface area contributed by atoms with Crippen molar-refractivity contribution in [2.45, 2.75) is 48.5 Å². The number of ether oxygens (including phenoxy) is 2. The lowest BCUT2D eigenvalue weighted by Gasteiger charge is -2.56. The summed E-state index contributed by atoms with van der Waals surface area (Å²) < 4.78 is 74.1. The number of carbonyl (C=O) groups excluding carboxylic acids is 2. The van der Waals surface area contributed by atoms with Crippen molar-refractivity contribution in [1.82, 2.24) is 19.8 Å². The van der Waals surface area contributed by atoms with Crippen molar-refractivity contribution < 1.29 is 40.7 Å². The number of amides is 3. The fourth-order valence-corrected chi connectivity index (χ4v) is 6.71. The van der Waals surface area contributed by atoms with Crippen LogP contribution in [0.25, 0.3) is 0 Å². The summed E-state index contributed by atoms with van der Waals surface area (Å²) in [6.07, 6.45) is -2.78. The van der Waals surface area contributed by atoms with Crippen molar-refractivity contribution in [3.05, 3.63) is 24.3 Å². The van der Waals surface area contributed by atoms with Crippen LogP contribution in [0.3, 0.4) is 0 Å². The Balaban J connectivity index is 1.10. The van der Waals surface area contributed by atoms with Gasteiger partial charge < -0.3 is 24.6 Å². The third-order valence-electron chi connectivity index (χ3n) is 7.14. The maximum atomic E-state index is 12.7. The zero-order valence-corrected chi connectivity index (χ0v) is 19.5. The molecular weight excluding hydrogens is 493 g/mol. The number of hydrogen-bond donors (Lipinski definition) is 2. The first-order valence-corrected chi connectivity index (χ1v) is 12.7. The van der Waals surface area contributed by atoms with E-state index < -0.39 is 33.8 Å². The van der Waals surface area contributed by atoms with Crippen LogP contribution in [-0.2, 0) is 14.8 Å². The molecule has 3 amide bonds. The van der Waals surface area contributed by atoms with Gasteiger partial charge >= 0.3 is 18.5 Å². The van der Waals surface area contributed by atoms with E-state index >= 15 is 0 Å². The average Bonchev–Trinajstić information content (AvgIpc) is 3.12. The molecule has 35 heavy (non-hydrogen) atoms. The highest BCUT2D eigenvalue weighted by molar-refractivity contribution is 7.89. The molecule has 4 fully saturated rings. The Hall–Kier alpha value is -2.74. The van der Waals surface area contributed by atoms with Gasteiger partial charge in [0.05, 0.1) is 18.0 Å². The summed E-state index contributed by atoms with van der Waals surface area (Å²) in [5.41, 5.74) is -0.520. The van der Waals surface area contributed by atoms with E-state index in [1.807, 2.05) is 0 Å². The molecule has 3 aliphatic heterocycles. The fraction of sp³-hybridized carbons (Fsp3) is 0.619. The van der Waals surface area contributed by atoms with E-state index in [4.69, 9.17) is 4.74 Å².